The summed E-state index contributed by atoms with van der Waals surface area (Å²) in [5.41, 5.74) is 0.360. The molecule has 2 aliphatic heterocycles. The fraction of sp³-hybridized carbons (Fsp3) is 1.00. The number of aliphatic hydroxyl groups is 1. The van der Waals surface area contributed by atoms with Crippen LogP contribution < -0.4 is 0 Å². The molecule has 0 aromatic carbocycles. The molecular weight excluding hydrogens is 128 g/mol. The van der Waals surface area contributed by atoms with Crippen molar-refractivity contribution >= 4 is 0 Å². The van der Waals surface area contributed by atoms with Gasteiger partial charge in [-0.25, -0.2) is 0 Å². The van der Waals surface area contributed by atoms with Gasteiger partial charge in [0.25, 0.3) is 0 Å². The molecule has 3 fully saturated rings. The summed E-state index contributed by atoms with van der Waals surface area (Å²) in [5, 5.41) is 8.99. The lowest BCUT2D eigenvalue weighted by atomic mass is 9.62. The standard InChI is InChI=1S/C8H14O2/c1-2-8-3-7(4-8,5-9)6-10-8/h9H,2-6H2,1H3. The van der Waals surface area contributed by atoms with Crippen molar-refractivity contribution in [2.24, 2.45) is 5.41 Å². The first kappa shape index (κ1) is 6.62. The van der Waals surface area contributed by atoms with Crippen LogP contribution in [0.2, 0.25) is 0 Å². The van der Waals surface area contributed by atoms with Gasteiger partial charge in [-0.15, -0.1) is 0 Å². The Hall–Kier alpha value is -0.0800. The van der Waals surface area contributed by atoms with E-state index >= 15 is 0 Å². The lowest BCUT2D eigenvalue weighted by Crippen LogP contribution is -2.45. The van der Waals surface area contributed by atoms with Gasteiger partial charge < -0.3 is 9.84 Å². The summed E-state index contributed by atoms with van der Waals surface area (Å²) in [5.74, 6) is 0. The average Bonchev–Trinajstić information content (AvgIpc) is 2.40. The first-order valence-electron chi connectivity index (χ1n) is 3.99. The van der Waals surface area contributed by atoms with Crippen molar-refractivity contribution in [2.75, 3.05) is 13.2 Å². The van der Waals surface area contributed by atoms with E-state index in [0.29, 0.717) is 6.61 Å². The molecule has 0 amide bonds. The van der Waals surface area contributed by atoms with Gasteiger partial charge in [0.05, 0.1) is 18.8 Å². The van der Waals surface area contributed by atoms with E-state index in [1.807, 2.05) is 0 Å². The molecule has 0 aromatic rings. The highest BCUT2D eigenvalue weighted by Crippen LogP contribution is 2.58. The number of hydrogen-bond donors (Lipinski definition) is 1. The van der Waals surface area contributed by atoms with Gasteiger partial charge >= 0.3 is 0 Å². The molecule has 2 heteroatoms. The summed E-state index contributed by atoms with van der Waals surface area (Å²) >= 11 is 0. The van der Waals surface area contributed by atoms with E-state index in [1.54, 1.807) is 0 Å². The topological polar surface area (TPSA) is 29.5 Å². The molecule has 3 aliphatic rings. The summed E-state index contributed by atoms with van der Waals surface area (Å²) in [6, 6.07) is 0. The predicted molar refractivity (Wildman–Crippen MR) is 37.7 cm³/mol. The van der Waals surface area contributed by atoms with Crippen molar-refractivity contribution in [2.45, 2.75) is 31.8 Å². The third-order valence-electron chi connectivity index (χ3n) is 3.06. The van der Waals surface area contributed by atoms with Gasteiger partial charge in [0.15, 0.2) is 0 Å². The Balaban J connectivity index is 2.06. The monoisotopic (exact) mass is 142 g/mol. The van der Waals surface area contributed by atoms with E-state index < -0.39 is 0 Å². The molecule has 0 radical (unpaired) electrons. The molecule has 3 rings (SSSR count). The molecule has 2 nitrogen and oxygen atoms in total. The minimum absolute atomic E-state index is 0.177. The fourth-order valence-corrected chi connectivity index (χ4v) is 2.33. The summed E-state index contributed by atoms with van der Waals surface area (Å²) in [6.45, 7) is 3.26. The van der Waals surface area contributed by atoms with Crippen LogP contribution >= 0.6 is 0 Å². The Morgan fingerprint density at radius 3 is 2.50 bits per heavy atom. The molecule has 0 unspecified atom stereocenters. The Bertz CT molecular complexity index is 131. The van der Waals surface area contributed by atoms with Crippen LogP contribution in [0.3, 0.4) is 0 Å². The largest absolute Gasteiger partial charge is 0.396 e. The van der Waals surface area contributed by atoms with Crippen LogP contribution in [-0.4, -0.2) is 23.9 Å². The van der Waals surface area contributed by atoms with Gasteiger partial charge in [0.2, 0.25) is 0 Å². The Kier molecular flexibility index (Phi) is 1.15. The van der Waals surface area contributed by atoms with Crippen LogP contribution in [0.4, 0.5) is 0 Å². The number of fused-ring (bicyclic) bond motifs is 1. The molecular formula is C8H14O2. The molecule has 2 saturated heterocycles. The lowest BCUT2D eigenvalue weighted by molar-refractivity contribution is -0.0309. The SMILES string of the molecule is CCC12CC(CO)(CO1)C2. The average molecular weight is 142 g/mol. The third kappa shape index (κ3) is 0.611. The van der Waals surface area contributed by atoms with Crippen molar-refractivity contribution in [1.29, 1.82) is 0 Å². The minimum atomic E-state index is 0.177. The molecule has 1 aliphatic carbocycles. The molecule has 58 valence electrons. The van der Waals surface area contributed by atoms with Gasteiger partial charge in [0.1, 0.15) is 0 Å². The van der Waals surface area contributed by atoms with Gasteiger partial charge in [-0.2, -0.15) is 0 Å². The van der Waals surface area contributed by atoms with E-state index in [9.17, 15) is 0 Å². The second-order valence-corrected chi connectivity index (χ2v) is 3.84. The summed E-state index contributed by atoms with van der Waals surface area (Å²) < 4.78 is 5.60. The van der Waals surface area contributed by atoms with Crippen LogP contribution in [0.1, 0.15) is 26.2 Å². The molecule has 2 bridgehead atoms. The van der Waals surface area contributed by atoms with Gasteiger partial charge in [-0.3, -0.25) is 0 Å². The summed E-state index contributed by atoms with van der Waals surface area (Å²) in [6.07, 6.45) is 3.29. The summed E-state index contributed by atoms with van der Waals surface area (Å²) in [4.78, 5) is 0. The van der Waals surface area contributed by atoms with Crippen molar-refractivity contribution in [3.8, 4) is 0 Å². The van der Waals surface area contributed by atoms with Crippen molar-refractivity contribution < 1.29 is 9.84 Å². The zero-order valence-corrected chi connectivity index (χ0v) is 6.39. The number of hydrogen-bond acceptors (Lipinski definition) is 2. The van der Waals surface area contributed by atoms with E-state index in [4.69, 9.17) is 9.84 Å². The first-order chi connectivity index (χ1) is 4.74. The van der Waals surface area contributed by atoms with Crippen LogP contribution in [0.15, 0.2) is 0 Å². The predicted octanol–water partition coefficient (Wildman–Crippen LogP) is 0.938. The van der Waals surface area contributed by atoms with Crippen LogP contribution in [-0.2, 0) is 4.74 Å². The number of rotatable bonds is 2. The highest BCUT2D eigenvalue weighted by Gasteiger charge is 2.60. The Labute approximate surface area is 61.2 Å². The maximum Gasteiger partial charge on any atom is 0.0694 e. The maximum atomic E-state index is 8.99. The lowest BCUT2D eigenvalue weighted by Gasteiger charge is -2.43. The molecule has 2 heterocycles. The van der Waals surface area contributed by atoms with Crippen LogP contribution in [0, 0.1) is 5.41 Å². The summed E-state index contributed by atoms with van der Waals surface area (Å²) in [7, 11) is 0. The van der Waals surface area contributed by atoms with E-state index in [-0.39, 0.29) is 11.0 Å². The van der Waals surface area contributed by atoms with Gasteiger partial charge in [0, 0.05) is 5.41 Å². The zero-order chi connectivity index (χ0) is 7.24. The normalized spacial score (nSPS) is 51.0. The zero-order valence-electron chi connectivity index (χ0n) is 6.39. The second-order valence-electron chi connectivity index (χ2n) is 3.84. The van der Waals surface area contributed by atoms with E-state index in [2.05, 4.69) is 6.92 Å². The highest BCUT2D eigenvalue weighted by atomic mass is 16.5. The maximum absolute atomic E-state index is 8.99. The molecule has 1 saturated carbocycles. The molecule has 0 spiro atoms. The second kappa shape index (κ2) is 1.74. The smallest absolute Gasteiger partial charge is 0.0694 e. The minimum Gasteiger partial charge on any atom is -0.396 e. The van der Waals surface area contributed by atoms with E-state index in [0.717, 1.165) is 25.9 Å². The highest BCUT2D eigenvalue weighted by molar-refractivity contribution is 5.10. The van der Waals surface area contributed by atoms with Crippen molar-refractivity contribution in [3.63, 3.8) is 0 Å². The van der Waals surface area contributed by atoms with Crippen LogP contribution in [0.5, 0.6) is 0 Å². The molecule has 0 aromatic heterocycles. The molecule has 10 heavy (non-hydrogen) atoms. The quantitative estimate of drug-likeness (QED) is 0.621. The number of ether oxygens (including phenoxy) is 1. The fourth-order valence-electron chi connectivity index (χ4n) is 2.33. The van der Waals surface area contributed by atoms with Crippen LogP contribution in [0.25, 0.3) is 0 Å². The third-order valence-corrected chi connectivity index (χ3v) is 3.06. The van der Waals surface area contributed by atoms with Crippen molar-refractivity contribution in [1.82, 2.24) is 0 Å². The number of aliphatic hydroxyl groups excluding tert-OH is 1. The van der Waals surface area contributed by atoms with Gasteiger partial charge in [-0.1, -0.05) is 6.92 Å². The Morgan fingerprint density at radius 2 is 2.20 bits per heavy atom. The first-order valence-corrected chi connectivity index (χ1v) is 3.99. The molecule has 1 N–H and O–H groups in total. The van der Waals surface area contributed by atoms with Gasteiger partial charge in [-0.05, 0) is 19.3 Å². The molecule has 0 atom stereocenters. The van der Waals surface area contributed by atoms with E-state index in [1.165, 1.54) is 0 Å². The van der Waals surface area contributed by atoms with Crippen molar-refractivity contribution in [3.05, 3.63) is 0 Å². The Morgan fingerprint density at radius 1 is 1.50 bits per heavy atom.